The zero-order valence-corrected chi connectivity index (χ0v) is 18.1. The molecule has 3 aromatic heterocycles. The zero-order chi connectivity index (χ0) is 21.6. The van der Waals surface area contributed by atoms with E-state index in [1.165, 1.54) is 18.3 Å². The van der Waals surface area contributed by atoms with Crippen LogP contribution in [0, 0.1) is 12.7 Å². The number of aromatic nitrogens is 4. The van der Waals surface area contributed by atoms with Crippen molar-refractivity contribution in [2.75, 3.05) is 0 Å². The summed E-state index contributed by atoms with van der Waals surface area (Å²) in [7, 11) is 0. The molecule has 6 nitrogen and oxygen atoms in total. The number of rotatable bonds is 9. The molecule has 160 valence electrons. The third kappa shape index (κ3) is 5.32. The van der Waals surface area contributed by atoms with Crippen molar-refractivity contribution >= 4 is 28.3 Å². The summed E-state index contributed by atoms with van der Waals surface area (Å²) in [4.78, 5) is 29.7. The number of thiazole rings is 1. The Kier molecular flexibility index (Phi) is 6.66. The molecule has 0 radical (unpaired) electrons. The monoisotopic (exact) mass is 437 g/mol. The van der Waals surface area contributed by atoms with Crippen LogP contribution < -0.4 is 5.32 Å². The SMILES string of the molecule is Cc1sc(CCCCCc2nc3ccccc3[nH]2)nc1C(=O)NCc1ncccc1F. The van der Waals surface area contributed by atoms with Crippen LogP contribution >= 0.6 is 11.3 Å². The highest BCUT2D eigenvalue weighted by atomic mass is 32.1. The van der Waals surface area contributed by atoms with Gasteiger partial charge in [-0.15, -0.1) is 11.3 Å². The zero-order valence-electron chi connectivity index (χ0n) is 17.3. The number of hydrogen-bond acceptors (Lipinski definition) is 5. The number of aryl methyl sites for hydroxylation is 3. The van der Waals surface area contributed by atoms with Crippen LogP contribution in [0.3, 0.4) is 0 Å². The van der Waals surface area contributed by atoms with Crippen LogP contribution in [0.1, 0.15) is 51.2 Å². The van der Waals surface area contributed by atoms with E-state index in [1.54, 1.807) is 11.3 Å². The van der Waals surface area contributed by atoms with E-state index in [1.807, 2.05) is 31.2 Å². The minimum Gasteiger partial charge on any atom is -0.345 e. The number of fused-ring (bicyclic) bond motifs is 1. The van der Waals surface area contributed by atoms with Crippen molar-refractivity contribution in [3.8, 4) is 0 Å². The second kappa shape index (κ2) is 9.78. The van der Waals surface area contributed by atoms with Crippen LogP contribution in [0.15, 0.2) is 42.6 Å². The standard InChI is InChI=1S/C23H24FN5OS/c1-15-22(23(30)26-14-19-16(24)8-7-13-25-19)29-21(31-15)12-4-2-3-11-20-27-17-9-5-6-10-18(17)28-20/h5-10,13H,2-4,11-12,14H2,1H3,(H,26,30)(H,27,28). The highest BCUT2D eigenvalue weighted by Crippen LogP contribution is 2.20. The van der Waals surface area contributed by atoms with Gasteiger partial charge in [0.1, 0.15) is 17.3 Å². The van der Waals surface area contributed by atoms with Gasteiger partial charge < -0.3 is 10.3 Å². The largest absolute Gasteiger partial charge is 0.345 e. The number of amides is 1. The number of unbranched alkanes of at least 4 members (excludes halogenated alkanes) is 2. The molecule has 0 saturated carbocycles. The minimum absolute atomic E-state index is 0.0413. The average Bonchev–Trinajstić information content (AvgIpc) is 3.35. The Morgan fingerprint density at radius 3 is 2.77 bits per heavy atom. The van der Waals surface area contributed by atoms with E-state index in [4.69, 9.17) is 0 Å². The third-order valence-electron chi connectivity index (χ3n) is 5.05. The van der Waals surface area contributed by atoms with Crippen LogP contribution in [0.4, 0.5) is 4.39 Å². The quantitative estimate of drug-likeness (QED) is 0.370. The molecular weight excluding hydrogens is 413 g/mol. The van der Waals surface area contributed by atoms with Gasteiger partial charge in [-0.1, -0.05) is 18.6 Å². The number of pyridine rings is 1. The molecule has 0 aliphatic heterocycles. The summed E-state index contributed by atoms with van der Waals surface area (Å²) in [6.07, 6.45) is 6.39. The van der Waals surface area contributed by atoms with Gasteiger partial charge in [-0.2, -0.15) is 0 Å². The number of halogens is 1. The molecule has 31 heavy (non-hydrogen) atoms. The van der Waals surface area contributed by atoms with E-state index in [0.717, 1.165) is 58.8 Å². The predicted molar refractivity (Wildman–Crippen MR) is 120 cm³/mol. The Hall–Kier alpha value is -3.13. The van der Waals surface area contributed by atoms with E-state index >= 15 is 0 Å². The molecule has 3 heterocycles. The number of aromatic amines is 1. The molecule has 2 N–H and O–H groups in total. The van der Waals surface area contributed by atoms with Crippen molar-refractivity contribution in [2.45, 2.75) is 45.6 Å². The van der Waals surface area contributed by atoms with Gasteiger partial charge in [0, 0.05) is 17.5 Å². The maximum absolute atomic E-state index is 13.7. The summed E-state index contributed by atoms with van der Waals surface area (Å²) in [6, 6.07) is 10.9. The summed E-state index contributed by atoms with van der Waals surface area (Å²) in [6.45, 7) is 1.93. The highest BCUT2D eigenvalue weighted by Gasteiger charge is 2.16. The fourth-order valence-electron chi connectivity index (χ4n) is 3.43. The first-order valence-corrected chi connectivity index (χ1v) is 11.2. The smallest absolute Gasteiger partial charge is 0.271 e. The second-order valence-electron chi connectivity index (χ2n) is 7.39. The number of carbonyl (C=O) groups excluding carboxylic acids is 1. The first-order valence-electron chi connectivity index (χ1n) is 10.4. The minimum atomic E-state index is -0.430. The molecule has 0 unspecified atom stereocenters. The Balaban J connectivity index is 1.23. The number of nitrogens with zero attached hydrogens (tertiary/aromatic N) is 3. The van der Waals surface area contributed by atoms with Gasteiger partial charge in [0.05, 0.1) is 28.3 Å². The molecule has 0 bridgehead atoms. The van der Waals surface area contributed by atoms with Gasteiger partial charge in [-0.25, -0.2) is 14.4 Å². The van der Waals surface area contributed by atoms with E-state index < -0.39 is 5.82 Å². The molecule has 0 spiro atoms. The number of H-pyrrole nitrogens is 1. The lowest BCUT2D eigenvalue weighted by molar-refractivity contribution is 0.0945. The summed E-state index contributed by atoms with van der Waals surface area (Å²) < 4.78 is 13.7. The van der Waals surface area contributed by atoms with Crippen LogP contribution in [0.2, 0.25) is 0 Å². The maximum atomic E-state index is 13.7. The molecule has 0 aliphatic rings. The van der Waals surface area contributed by atoms with Crippen molar-refractivity contribution in [1.29, 1.82) is 0 Å². The van der Waals surface area contributed by atoms with Crippen molar-refractivity contribution in [1.82, 2.24) is 25.3 Å². The third-order valence-corrected chi connectivity index (χ3v) is 6.08. The number of benzene rings is 1. The summed E-state index contributed by atoms with van der Waals surface area (Å²) in [5, 5.41) is 3.66. The number of nitrogens with one attached hydrogen (secondary N) is 2. The molecule has 0 aliphatic carbocycles. The van der Waals surface area contributed by atoms with Gasteiger partial charge in [0.2, 0.25) is 0 Å². The van der Waals surface area contributed by atoms with Crippen molar-refractivity contribution in [2.24, 2.45) is 0 Å². The topological polar surface area (TPSA) is 83.6 Å². The number of imidazole rings is 1. The normalized spacial score (nSPS) is 11.2. The molecule has 4 aromatic rings. The Morgan fingerprint density at radius 2 is 1.94 bits per heavy atom. The molecule has 1 aromatic carbocycles. The molecule has 0 fully saturated rings. The van der Waals surface area contributed by atoms with Gasteiger partial charge in [-0.05, 0) is 50.5 Å². The van der Waals surface area contributed by atoms with E-state index in [-0.39, 0.29) is 18.1 Å². The van der Waals surface area contributed by atoms with Gasteiger partial charge in [0.25, 0.3) is 5.91 Å². The van der Waals surface area contributed by atoms with Crippen molar-refractivity contribution < 1.29 is 9.18 Å². The summed E-state index contributed by atoms with van der Waals surface area (Å²) in [5.74, 6) is 0.297. The molecular formula is C23H24FN5OS. The van der Waals surface area contributed by atoms with E-state index in [2.05, 4.69) is 25.3 Å². The van der Waals surface area contributed by atoms with Crippen LogP contribution in [-0.2, 0) is 19.4 Å². The summed E-state index contributed by atoms with van der Waals surface area (Å²) >= 11 is 1.54. The fraction of sp³-hybridized carbons (Fsp3) is 0.304. The Labute approximate surface area is 184 Å². The molecule has 4 rings (SSSR count). The van der Waals surface area contributed by atoms with Crippen molar-refractivity contribution in [3.05, 3.63) is 75.5 Å². The lowest BCUT2D eigenvalue weighted by Gasteiger charge is -2.04. The second-order valence-corrected chi connectivity index (χ2v) is 8.68. The Morgan fingerprint density at radius 1 is 1.10 bits per heavy atom. The van der Waals surface area contributed by atoms with Gasteiger partial charge in [-0.3, -0.25) is 9.78 Å². The predicted octanol–water partition coefficient (Wildman–Crippen LogP) is 4.75. The number of para-hydroxylation sites is 2. The molecule has 1 amide bonds. The van der Waals surface area contributed by atoms with Crippen LogP contribution in [-0.4, -0.2) is 25.8 Å². The molecule has 0 saturated heterocycles. The first kappa shape index (κ1) is 21.1. The fourth-order valence-corrected chi connectivity index (χ4v) is 4.41. The first-order chi connectivity index (χ1) is 15.1. The van der Waals surface area contributed by atoms with E-state index in [0.29, 0.717) is 5.69 Å². The molecule has 0 atom stereocenters. The number of hydrogen-bond donors (Lipinski definition) is 2. The lowest BCUT2D eigenvalue weighted by Crippen LogP contribution is -2.24. The van der Waals surface area contributed by atoms with Crippen LogP contribution in [0.5, 0.6) is 0 Å². The van der Waals surface area contributed by atoms with Crippen LogP contribution in [0.25, 0.3) is 11.0 Å². The van der Waals surface area contributed by atoms with Crippen molar-refractivity contribution in [3.63, 3.8) is 0 Å². The summed E-state index contributed by atoms with van der Waals surface area (Å²) in [5.41, 5.74) is 2.71. The van der Waals surface area contributed by atoms with Gasteiger partial charge >= 0.3 is 0 Å². The lowest BCUT2D eigenvalue weighted by atomic mass is 10.1. The van der Waals surface area contributed by atoms with E-state index in [9.17, 15) is 9.18 Å². The number of carbonyl (C=O) groups is 1. The molecule has 8 heteroatoms. The average molecular weight is 438 g/mol. The highest BCUT2D eigenvalue weighted by molar-refractivity contribution is 7.11. The van der Waals surface area contributed by atoms with Gasteiger partial charge in [0.15, 0.2) is 0 Å². The maximum Gasteiger partial charge on any atom is 0.271 e. The Bertz CT molecular complexity index is 1150.